The van der Waals surface area contributed by atoms with Crippen molar-refractivity contribution < 1.29 is 19.4 Å². The molecule has 0 aliphatic carbocycles. The van der Waals surface area contributed by atoms with E-state index in [9.17, 15) is 9.59 Å². The normalized spacial score (nSPS) is 11.6. The molecule has 0 saturated carbocycles. The Kier molecular flexibility index (Phi) is 5.00. The van der Waals surface area contributed by atoms with Crippen LogP contribution >= 0.6 is 11.6 Å². The molecule has 0 unspecified atom stereocenters. The monoisotopic (exact) mass is 286 g/mol. The van der Waals surface area contributed by atoms with Gasteiger partial charge in [-0.1, -0.05) is 11.6 Å². The molecule has 1 aromatic rings. The second kappa shape index (κ2) is 6.29. The van der Waals surface area contributed by atoms with Crippen molar-refractivity contribution in [1.29, 1.82) is 0 Å². The number of aliphatic carboxylic acids is 1. The number of carbonyl (C=O) groups is 2. The number of amides is 2. The molecule has 0 aromatic heterocycles. The summed E-state index contributed by atoms with van der Waals surface area (Å²) in [5.41, 5.74) is 1.18. The largest absolute Gasteiger partial charge is 0.495 e. The minimum Gasteiger partial charge on any atom is -0.495 e. The van der Waals surface area contributed by atoms with Crippen LogP contribution in [0.3, 0.4) is 0 Å². The number of methoxy groups -OCH3 is 1. The number of hydrogen-bond donors (Lipinski definition) is 3. The number of carbonyl (C=O) groups excluding carboxylic acids is 1. The fourth-order valence-corrected chi connectivity index (χ4v) is 1.50. The van der Waals surface area contributed by atoms with Crippen LogP contribution in [-0.2, 0) is 4.79 Å². The van der Waals surface area contributed by atoms with Gasteiger partial charge in [0.1, 0.15) is 11.8 Å². The van der Waals surface area contributed by atoms with E-state index in [4.69, 9.17) is 21.4 Å². The summed E-state index contributed by atoms with van der Waals surface area (Å²) in [6.45, 7) is 3.15. The van der Waals surface area contributed by atoms with Crippen LogP contribution in [0.4, 0.5) is 10.5 Å². The van der Waals surface area contributed by atoms with E-state index in [0.717, 1.165) is 5.56 Å². The summed E-state index contributed by atoms with van der Waals surface area (Å²) in [6.07, 6.45) is 0. The van der Waals surface area contributed by atoms with Crippen LogP contribution in [0, 0.1) is 6.92 Å². The van der Waals surface area contributed by atoms with Crippen molar-refractivity contribution in [2.75, 3.05) is 12.4 Å². The van der Waals surface area contributed by atoms with Crippen LogP contribution < -0.4 is 15.4 Å². The Balaban J connectivity index is 2.84. The summed E-state index contributed by atoms with van der Waals surface area (Å²) in [4.78, 5) is 22.2. The van der Waals surface area contributed by atoms with Crippen molar-refractivity contribution in [2.24, 2.45) is 0 Å². The lowest BCUT2D eigenvalue weighted by Gasteiger charge is -2.14. The summed E-state index contributed by atoms with van der Waals surface area (Å²) in [5.74, 6) is -0.719. The highest BCUT2D eigenvalue weighted by molar-refractivity contribution is 6.31. The molecule has 6 nitrogen and oxygen atoms in total. The van der Waals surface area contributed by atoms with Crippen molar-refractivity contribution in [3.05, 3.63) is 22.7 Å². The van der Waals surface area contributed by atoms with Crippen molar-refractivity contribution in [1.82, 2.24) is 5.32 Å². The van der Waals surface area contributed by atoms with E-state index in [1.165, 1.54) is 14.0 Å². The van der Waals surface area contributed by atoms with Crippen LogP contribution in [-0.4, -0.2) is 30.3 Å². The molecule has 0 spiro atoms. The molecule has 2 amide bonds. The van der Waals surface area contributed by atoms with Crippen LogP contribution in [0.25, 0.3) is 0 Å². The van der Waals surface area contributed by atoms with E-state index < -0.39 is 18.0 Å². The van der Waals surface area contributed by atoms with Gasteiger partial charge in [0, 0.05) is 11.1 Å². The summed E-state index contributed by atoms with van der Waals surface area (Å²) in [5, 5.41) is 14.0. The average molecular weight is 287 g/mol. The molecule has 1 rings (SSSR count). The number of rotatable bonds is 4. The Morgan fingerprint density at radius 1 is 1.42 bits per heavy atom. The number of benzene rings is 1. The van der Waals surface area contributed by atoms with Gasteiger partial charge in [-0.3, -0.25) is 4.79 Å². The first-order valence-corrected chi connectivity index (χ1v) is 5.87. The zero-order valence-electron chi connectivity index (χ0n) is 10.8. The Labute approximate surface area is 115 Å². The number of aryl methyl sites for hydroxylation is 1. The first kappa shape index (κ1) is 15.1. The van der Waals surface area contributed by atoms with E-state index >= 15 is 0 Å². The maximum absolute atomic E-state index is 11.6. The van der Waals surface area contributed by atoms with Gasteiger partial charge in [0.05, 0.1) is 12.8 Å². The maximum Gasteiger partial charge on any atom is 0.325 e. The lowest BCUT2D eigenvalue weighted by Crippen LogP contribution is -2.40. The Bertz CT molecular complexity index is 505. The molecule has 0 heterocycles. The van der Waals surface area contributed by atoms with Crippen molar-refractivity contribution >= 4 is 29.3 Å². The quantitative estimate of drug-likeness (QED) is 0.792. The van der Waals surface area contributed by atoms with E-state index in [-0.39, 0.29) is 0 Å². The number of anilines is 1. The fourth-order valence-electron chi connectivity index (χ4n) is 1.35. The van der Waals surface area contributed by atoms with Crippen LogP contribution in [0.15, 0.2) is 12.1 Å². The maximum atomic E-state index is 11.6. The highest BCUT2D eigenvalue weighted by atomic mass is 35.5. The van der Waals surface area contributed by atoms with Crippen LogP contribution in [0.5, 0.6) is 5.75 Å². The first-order chi connectivity index (χ1) is 8.85. The summed E-state index contributed by atoms with van der Waals surface area (Å²) >= 11 is 5.94. The van der Waals surface area contributed by atoms with Crippen molar-refractivity contribution in [2.45, 2.75) is 19.9 Å². The van der Waals surface area contributed by atoms with E-state index in [2.05, 4.69) is 10.6 Å². The molecule has 0 bridgehead atoms. The molecule has 1 atom stereocenters. The van der Waals surface area contributed by atoms with Crippen LogP contribution in [0.1, 0.15) is 12.5 Å². The lowest BCUT2D eigenvalue weighted by molar-refractivity contribution is -0.138. The van der Waals surface area contributed by atoms with E-state index in [1.807, 2.05) is 0 Å². The summed E-state index contributed by atoms with van der Waals surface area (Å²) in [7, 11) is 1.45. The summed E-state index contributed by atoms with van der Waals surface area (Å²) < 4.78 is 5.09. The number of ether oxygens (including phenoxy) is 1. The molecule has 7 heteroatoms. The van der Waals surface area contributed by atoms with Gasteiger partial charge in [0.15, 0.2) is 0 Å². The van der Waals surface area contributed by atoms with Gasteiger partial charge < -0.3 is 20.5 Å². The molecule has 0 aliphatic rings. The molecule has 3 N–H and O–H groups in total. The number of halogens is 1. The number of carboxylic acids is 1. The topological polar surface area (TPSA) is 87.7 Å². The zero-order valence-corrected chi connectivity index (χ0v) is 11.5. The van der Waals surface area contributed by atoms with Crippen LogP contribution in [0.2, 0.25) is 5.02 Å². The molecule has 1 aromatic carbocycles. The molecule has 19 heavy (non-hydrogen) atoms. The fraction of sp³-hybridized carbons (Fsp3) is 0.333. The number of hydrogen-bond acceptors (Lipinski definition) is 3. The predicted octanol–water partition coefficient (Wildman–Crippen LogP) is 2.25. The number of carboxylic acid groups (broad SMARTS) is 1. The van der Waals surface area contributed by atoms with E-state index in [0.29, 0.717) is 16.5 Å². The highest BCUT2D eigenvalue weighted by Crippen LogP contribution is 2.30. The van der Waals surface area contributed by atoms with Crippen molar-refractivity contribution in [3.63, 3.8) is 0 Å². The van der Waals surface area contributed by atoms with Gasteiger partial charge in [-0.25, -0.2) is 4.79 Å². The van der Waals surface area contributed by atoms with Gasteiger partial charge in [-0.05, 0) is 25.5 Å². The third-order valence-electron chi connectivity index (χ3n) is 2.45. The minimum absolute atomic E-state index is 0.397. The second-order valence-corrected chi connectivity index (χ2v) is 4.37. The molecule has 0 saturated heterocycles. The molecular weight excluding hydrogens is 272 g/mol. The minimum atomic E-state index is -1.12. The molecule has 0 aliphatic heterocycles. The molecule has 0 radical (unpaired) electrons. The Morgan fingerprint density at radius 3 is 2.58 bits per heavy atom. The first-order valence-electron chi connectivity index (χ1n) is 5.49. The molecular formula is C12H15ClN2O4. The zero-order chi connectivity index (χ0) is 14.6. The Hall–Kier alpha value is -1.95. The van der Waals surface area contributed by atoms with E-state index in [1.54, 1.807) is 19.1 Å². The number of nitrogens with one attached hydrogen (secondary N) is 2. The summed E-state index contributed by atoms with van der Waals surface area (Å²) in [6, 6.07) is 1.61. The van der Waals surface area contributed by atoms with Gasteiger partial charge in [0.25, 0.3) is 0 Å². The highest BCUT2D eigenvalue weighted by Gasteiger charge is 2.15. The lowest BCUT2D eigenvalue weighted by atomic mass is 10.2. The SMILES string of the molecule is COc1cc(Cl)c(C)cc1NC(=O)N[C@@H](C)C(=O)O. The molecule has 0 fully saturated rings. The van der Waals surface area contributed by atoms with Gasteiger partial charge in [-0.15, -0.1) is 0 Å². The van der Waals surface area contributed by atoms with Crippen molar-refractivity contribution in [3.8, 4) is 5.75 Å². The number of urea groups is 1. The predicted molar refractivity (Wildman–Crippen MR) is 72.0 cm³/mol. The Morgan fingerprint density at radius 2 is 2.05 bits per heavy atom. The van der Waals surface area contributed by atoms with Gasteiger partial charge >= 0.3 is 12.0 Å². The average Bonchev–Trinajstić information content (AvgIpc) is 2.33. The second-order valence-electron chi connectivity index (χ2n) is 3.96. The smallest absolute Gasteiger partial charge is 0.325 e. The third-order valence-corrected chi connectivity index (χ3v) is 2.85. The van der Waals surface area contributed by atoms with Gasteiger partial charge in [-0.2, -0.15) is 0 Å². The third kappa shape index (κ3) is 4.03. The molecule has 104 valence electrons. The standard InChI is InChI=1S/C12H15ClN2O4/c1-6-4-9(10(19-3)5-8(6)13)15-12(18)14-7(2)11(16)17/h4-5,7H,1-3H3,(H,16,17)(H2,14,15,18)/t7-/m0/s1. The van der Waals surface area contributed by atoms with Gasteiger partial charge in [0.2, 0.25) is 0 Å².